The van der Waals surface area contributed by atoms with Crippen molar-refractivity contribution in [1.82, 2.24) is 25.6 Å². The third-order valence-corrected chi connectivity index (χ3v) is 6.75. The lowest BCUT2D eigenvalue weighted by Crippen LogP contribution is -2.62. The highest BCUT2D eigenvalue weighted by molar-refractivity contribution is 5.91. The molecule has 4 rings (SSSR count). The second-order valence-electron chi connectivity index (χ2n) is 9.45. The van der Waals surface area contributed by atoms with Crippen LogP contribution in [0.3, 0.4) is 0 Å². The van der Waals surface area contributed by atoms with Crippen LogP contribution >= 0.6 is 0 Å². The molecule has 7 nitrogen and oxygen atoms in total. The van der Waals surface area contributed by atoms with E-state index in [9.17, 15) is 9.59 Å². The highest BCUT2D eigenvalue weighted by Gasteiger charge is 2.41. The van der Waals surface area contributed by atoms with E-state index in [0.717, 1.165) is 36.1 Å². The van der Waals surface area contributed by atoms with Crippen molar-refractivity contribution in [1.29, 1.82) is 0 Å². The van der Waals surface area contributed by atoms with E-state index in [2.05, 4.69) is 48.7 Å². The fourth-order valence-corrected chi connectivity index (χ4v) is 4.81. The van der Waals surface area contributed by atoms with Gasteiger partial charge in [0.15, 0.2) is 0 Å². The molecule has 2 N–H and O–H groups in total. The van der Waals surface area contributed by atoms with Gasteiger partial charge in [-0.3, -0.25) is 20.0 Å². The molecule has 3 atom stereocenters. The van der Waals surface area contributed by atoms with Gasteiger partial charge in [0.2, 0.25) is 11.8 Å². The summed E-state index contributed by atoms with van der Waals surface area (Å²) in [4.78, 5) is 34.9. The van der Waals surface area contributed by atoms with Crippen molar-refractivity contribution in [2.75, 3.05) is 19.6 Å². The second-order valence-corrected chi connectivity index (χ2v) is 9.45. The van der Waals surface area contributed by atoms with E-state index in [0.29, 0.717) is 25.4 Å². The highest BCUT2D eigenvalue weighted by atomic mass is 16.2. The molecule has 0 saturated carbocycles. The lowest BCUT2D eigenvalue weighted by Gasteiger charge is -2.41. The largest absolute Gasteiger partial charge is 0.339 e. The Morgan fingerprint density at radius 3 is 2.67 bits per heavy atom. The highest BCUT2D eigenvalue weighted by Crippen LogP contribution is 2.24. The average molecular weight is 450 g/mol. The minimum absolute atomic E-state index is 0.0172. The number of piperazine rings is 1. The fourth-order valence-electron chi connectivity index (χ4n) is 4.81. The lowest BCUT2D eigenvalue weighted by molar-refractivity contribution is -0.152. The minimum Gasteiger partial charge on any atom is -0.339 e. The molecular weight excluding hydrogens is 414 g/mol. The van der Waals surface area contributed by atoms with Crippen LogP contribution in [0.5, 0.6) is 0 Å². The van der Waals surface area contributed by atoms with E-state index < -0.39 is 6.04 Å². The zero-order chi connectivity index (χ0) is 23.4. The summed E-state index contributed by atoms with van der Waals surface area (Å²) >= 11 is 0. The smallest absolute Gasteiger partial charge is 0.245 e. The van der Waals surface area contributed by atoms with Gasteiger partial charge in [0.25, 0.3) is 0 Å². The Labute approximate surface area is 196 Å². The number of nitrogens with one attached hydrogen (secondary N) is 2. The van der Waals surface area contributed by atoms with Gasteiger partial charge in [0, 0.05) is 44.5 Å². The van der Waals surface area contributed by atoms with Gasteiger partial charge < -0.3 is 9.80 Å². The monoisotopic (exact) mass is 449 g/mol. The van der Waals surface area contributed by atoms with Crippen LogP contribution in [0, 0.1) is 5.92 Å². The number of aromatic nitrogens is 1. The molecule has 3 unspecified atom stereocenters. The molecule has 1 aromatic carbocycles. The number of hydrazine groups is 1. The molecule has 2 aromatic rings. The van der Waals surface area contributed by atoms with Crippen molar-refractivity contribution in [3.05, 3.63) is 54.4 Å². The quantitative estimate of drug-likeness (QED) is 0.680. The predicted octanol–water partition coefficient (Wildman–Crippen LogP) is 2.63. The van der Waals surface area contributed by atoms with Crippen LogP contribution in [0.15, 0.2) is 48.8 Å². The summed E-state index contributed by atoms with van der Waals surface area (Å²) < 4.78 is 0. The third kappa shape index (κ3) is 5.25. The first kappa shape index (κ1) is 23.4. The molecule has 176 valence electrons. The molecule has 0 radical (unpaired) electrons. The van der Waals surface area contributed by atoms with Crippen molar-refractivity contribution >= 4 is 11.8 Å². The molecule has 0 spiro atoms. The summed E-state index contributed by atoms with van der Waals surface area (Å²) in [6, 6.07) is 11.6. The number of pyridine rings is 1. The number of carbonyl (C=O) groups excluding carboxylic acids is 2. The summed E-state index contributed by atoms with van der Waals surface area (Å²) in [5.41, 5.74) is 9.58. The standard InChI is InChI=1S/C26H35N5O2/c1-4-11-30-12-13-31(25(32)23-16-22(18(2)3)28-29-23)24(26(30)33)15-19-7-5-8-20(14-19)21-9-6-10-27-17-21/h5-10,14,17-18,22-24,28-29H,4,11-13,15-16H2,1-3H3. The van der Waals surface area contributed by atoms with E-state index in [4.69, 9.17) is 0 Å². The molecule has 2 fully saturated rings. The third-order valence-electron chi connectivity index (χ3n) is 6.75. The van der Waals surface area contributed by atoms with Crippen LogP contribution in [0.2, 0.25) is 0 Å². The molecule has 33 heavy (non-hydrogen) atoms. The maximum absolute atomic E-state index is 13.5. The zero-order valence-corrected chi connectivity index (χ0v) is 19.8. The van der Waals surface area contributed by atoms with Gasteiger partial charge in [-0.2, -0.15) is 0 Å². The van der Waals surface area contributed by atoms with Crippen LogP contribution in [-0.4, -0.2) is 64.4 Å². The molecule has 0 bridgehead atoms. The van der Waals surface area contributed by atoms with Crippen molar-refractivity contribution in [3.63, 3.8) is 0 Å². The van der Waals surface area contributed by atoms with Gasteiger partial charge in [-0.15, -0.1) is 0 Å². The van der Waals surface area contributed by atoms with Crippen LogP contribution in [-0.2, 0) is 16.0 Å². The average Bonchev–Trinajstić information content (AvgIpc) is 3.33. The molecule has 3 heterocycles. The van der Waals surface area contributed by atoms with Gasteiger partial charge in [-0.05, 0) is 41.5 Å². The molecule has 2 amide bonds. The Kier molecular flexibility index (Phi) is 7.40. The van der Waals surface area contributed by atoms with Crippen molar-refractivity contribution < 1.29 is 9.59 Å². The van der Waals surface area contributed by atoms with Gasteiger partial charge in [0.05, 0.1) is 0 Å². The molecule has 2 aliphatic heterocycles. The van der Waals surface area contributed by atoms with Crippen molar-refractivity contribution in [2.24, 2.45) is 5.92 Å². The second kappa shape index (κ2) is 10.4. The fraction of sp³-hybridized carbons (Fsp3) is 0.500. The minimum atomic E-state index is -0.484. The van der Waals surface area contributed by atoms with Crippen molar-refractivity contribution in [2.45, 2.75) is 58.2 Å². The Morgan fingerprint density at radius 1 is 1.15 bits per heavy atom. The SMILES string of the molecule is CCCN1CCN(C(=O)C2CC(C(C)C)NN2)C(Cc2cccc(-c3cccnc3)c2)C1=O. The van der Waals surface area contributed by atoms with E-state index in [-0.39, 0.29) is 23.9 Å². The van der Waals surface area contributed by atoms with E-state index >= 15 is 0 Å². The zero-order valence-electron chi connectivity index (χ0n) is 19.8. The van der Waals surface area contributed by atoms with Crippen LogP contribution < -0.4 is 10.9 Å². The molecule has 1 aromatic heterocycles. The number of carbonyl (C=O) groups is 2. The normalized spacial score (nSPS) is 23.4. The molecule has 2 aliphatic rings. The molecule has 2 saturated heterocycles. The Balaban J connectivity index is 1.56. The van der Waals surface area contributed by atoms with Gasteiger partial charge in [0.1, 0.15) is 12.1 Å². The van der Waals surface area contributed by atoms with E-state index in [1.165, 1.54) is 0 Å². The summed E-state index contributed by atoms with van der Waals surface area (Å²) in [6.45, 7) is 8.28. The number of hydrogen-bond donors (Lipinski definition) is 2. The maximum Gasteiger partial charge on any atom is 0.245 e. The first-order valence-corrected chi connectivity index (χ1v) is 12.1. The summed E-state index contributed by atoms with van der Waals surface area (Å²) in [7, 11) is 0. The molecule has 7 heteroatoms. The van der Waals surface area contributed by atoms with Crippen LogP contribution in [0.25, 0.3) is 11.1 Å². The number of hydrogen-bond acceptors (Lipinski definition) is 5. The molecular formula is C26H35N5O2. The first-order valence-electron chi connectivity index (χ1n) is 12.1. The Morgan fingerprint density at radius 2 is 1.97 bits per heavy atom. The maximum atomic E-state index is 13.5. The number of benzene rings is 1. The Bertz CT molecular complexity index is 964. The number of amides is 2. The van der Waals surface area contributed by atoms with Gasteiger partial charge in [-0.25, -0.2) is 5.43 Å². The lowest BCUT2D eigenvalue weighted by atomic mass is 9.95. The number of nitrogens with zero attached hydrogens (tertiary/aromatic N) is 3. The molecule has 0 aliphatic carbocycles. The van der Waals surface area contributed by atoms with Crippen LogP contribution in [0.1, 0.15) is 39.2 Å². The van der Waals surface area contributed by atoms with E-state index in [1.54, 1.807) is 6.20 Å². The topological polar surface area (TPSA) is 77.6 Å². The van der Waals surface area contributed by atoms with Crippen LogP contribution in [0.4, 0.5) is 0 Å². The van der Waals surface area contributed by atoms with Crippen molar-refractivity contribution in [3.8, 4) is 11.1 Å². The predicted molar refractivity (Wildman–Crippen MR) is 129 cm³/mol. The summed E-state index contributed by atoms with van der Waals surface area (Å²) in [5, 5.41) is 0. The Hall–Kier alpha value is -2.77. The summed E-state index contributed by atoms with van der Waals surface area (Å²) in [6.07, 6.45) is 5.76. The van der Waals surface area contributed by atoms with Gasteiger partial charge in [-0.1, -0.05) is 51.1 Å². The first-order chi connectivity index (χ1) is 16.0. The summed E-state index contributed by atoms with van der Waals surface area (Å²) in [5.74, 6) is 0.502. The van der Waals surface area contributed by atoms with E-state index in [1.807, 2.05) is 40.3 Å². The number of rotatable bonds is 7. The van der Waals surface area contributed by atoms with Gasteiger partial charge >= 0.3 is 0 Å².